The number of hydrogen-bond acceptors (Lipinski definition) is 4. The predicted octanol–water partition coefficient (Wildman–Crippen LogP) is 4.40. The molecule has 5 nitrogen and oxygen atoms in total. The lowest BCUT2D eigenvalue weighted by atomic mass is 10.1. The number of hydrogen-bond donors (Lipinski definition) is 2. The molecule has 0 bridgehead atoms. The normalized spacial score (nSPS) is 10.4. The topological polar surface area (TPSA) is 66.9 Å². The molecule has 0 fully saturated rings. The summed E-state index contributed by atoms with van der Waals surface area (Å²) >= 11 is 0. The second-order valence-electron chi connectivity index (χ2n) is 5.98. The average molecular weight is 332 g/mol. The Hall–Kier alpha value is -3.21. The second kappa shape index (κ2) is 7.13. The number of nitrogens with zero attached hydrogens (tertiary/aromatic N) is 2. The van der Waals surface area contributed by atoms with Crippen LogP contribution in [-0.4, -0.2) is 15.9 Å². The van der Waals surface area contributed by atoms with Gasteiger partial charge in [0, 0.05) is 11.4 Å². The number of amides is 1. The van der Waals surface area contributed by atoms with E-state index in [1.807, 2.05) is 37.3 Å². The molecule has 3 rings (SSSR count). The first-order chi connectivity index (χ1) is 12.0. The number of rotatable bonds is 4. The molecular formula is C20H20N4O. The van der Waals surface area contributed by atoms with Crippen molar-refractivity contribution in [2.24, 2.45) is 0 Å². The van der Waals surface area contributed by atoms with Crippen LogP contribution in [-0.2, 0) is 0 Å². The summed E-state index contributed by atoms with van der Waals surface area (Å²) in [5.41, 5.74) is 5.42. The lowest BCUT2D eigenvalue weighted by Crippen LogP contribution is -2.15. The summed E-state index contributed by atoms with van der Waals surface area (Å²) in [4.78, 5) is 20.8. The molecule has 126 valence electrons. The van der Waals surface area contributed by atoms with Gasteiger partial charge in [-0.15, -0.1) is 0 Å². The minimum Gasteiger partial charge on any atom is -0.339 e. The van der Waals surface area contributed by atoms with Crippen molar-refractivity contribution in [2.45, 2.75) is 20.8 Å². The van der Waals surface area contributed by atoms with Gasteiger partial charge in [0.05, 0.1) is 12.4 Å². The Labute approximate surface area is 147 Å². The zero-order chi connectivity index (χ0) is 17.8. The molecule has 2 aromatic carbocycles. The quantitative estimate of drug-likeness (QED) is 0.743. The van der Waals surface area contributed by atoms with Crippen LogP contribution in [0.25, 0.3) is 0 Å². The summed E-state index contributed by atoms with van der Waals surface area (Å²) in [6.07, 6.45) is 3.03. The molecule has 0 saturated carbocycles. The molecule has 0 aliphatic carbocycles. The Kier molecular flexibility index (Phi) is 4.75. The summed E-state index contributed by atoms with van der Waals surface area (Å²) in [5.74, 6) is 0.315. The standard InChI is InChI=1S/C20H20N4O/c1-13-8-9-16(10-15(13)3)23-19-12-21-18(11-22-19)20(25)24-17-7-5-4-6-14(17)2/h4-12H,1-3H3,(H,22,23)(H,24,25). The number of carbonyl (C=O) groups is 1. The molecule has 0 unspecified atom stereocenters. The number of benzene rings is 2. The summed E-state index contributed by atoms with van der Waals surface area (Å²) in [5, 5.41) is 6.04. The molecule has 1 amide bonds. The minimum atomic E-state index is -0.278. The van der Waals surface area contributed by atoms with Gasteiger partial charge in [0.15, 0.2) is 0 Å². The van der Waals surface area contributed by atoms with Crippen molar-refractivity contribution >= 4 is 23.1 Å². The van der Waals surface area contributed by atoms with Crippen molar-refractivity contribution in [3.05, 3.63) is 77.2 Å². The van der Waals surface area contributed by atoms with Crippen molar-refractivity contribution in [3.8, 4) is 0 Å². The maximum atomic E-state index is 12.3. The average Bonchev–Trinajstić information content (AvgIpc) is 2.61. The Morgan fingerprint density at radius 1 is 0.880 bits per heavy atom. The Morgan fingerprint density at radius 2 is 1.68 bits per heavy atom. The number of carbonyl (C=O) groups excluding carboxylic acids is 1. The number of nitrogens with one attached hydrogen (secondary N) is 2. The largest absolute Gasteiger partial charge is 0.339 e. The Morgan fingerprint density at radius 3 is 2.36 bits per heavy atom. The van der Waals surface area contributed by atoms with Crippen molar-refractivity contribution in [1.82, 2.24) is 9.97 Å². The van der Waals surface area contributed by atoms with E-state index in [4.69, 9.17) is 0 Å². The van der Waals surface area contributed by atoms with E-state index in [0.29, 0.717) is 5.82 Å². The summed E-state index contributed by atoms with van der Waals surface area (Å²) in [6.45, 7) is 6.07. The molecule has 5 heteroatoms. The maximum Gasteiger partial charge on any atom is 0.275 e. The summed E-state index contributed by atoms with van der Waals surface area (Å²) < 4.78 is 0. The van der Waals surface area contributed by atoms with Gasteiger partial charge < -0.3 is 10.6 Å². The number of aryl methyl sites for hydroxylation is 3. The van der Waals surface area contributed by atoms with Crippen LogP contribution in [0.15, 0.2) is 54.9 Å². The highest BCUT2D eigenvalue weighted by Crippen LogP contribution is 2.18. The maximum absolute atomic E-state index is 12.3. The molecule has 0 spiro atoms. The van der Waals surface area contributed by atoms with E-state index >= 15 is 0 Å². The smallest absolute Gasteiger partial charge is 0.275 e. The van der Waals surface area contributed by atoms with Crippen LogP contribution < -0.4 is 10.6 Å². The van der Waals surface area contributed by atoms with Gasteiger partial charge in [0.25, 0.3) is 5.91 Å². The van der Waals surface area contributed by atoms with Crippen LogP contribution in [0, 0.1) is 20.8 Å². The SMILES string of the molecule is Cc1ccc(Nc2cnc(C(=O)Nc3ccccc3C)cn2)cc1C. The van der Waals surface area contributed by atoms with Crippen LogP contribution in [0.2, 0.25) is 0 Å². The molecule has 0 aliphatic rings. The van der Waals surface area contributed by atoms with Crippen LogP contribution in [0.1, 0.15) is 27.2 Å². The van der Waals surface area contributed by atoms with Crippen molar-refractivity contribution < 1.29 is 4.79 Å². The van der Waals surface area contributed by atoms with Gasteiger partial charge in [-0.2, -0.15) is 0 Å². The predicted molar refractivity (Wildman–Crippen MR) is 100 cm³/mol. The summed E-state index contributed by atoms with van der Waals surface area (Å²) in [7, 11) is 0. The van der Waals surface area contributed by atoms with Crippen LogP contribution >= 0.6 is 0 Å². The van der Waals surface area contributed by atoms with Crippen molar-refractivity contribution in [2.75, 3.05) is 10.6 Å². The Balaban J connectivity index is 1.70. The molecule has 0 saturated heterocycles. The lowest BCUT2D eigenvalue weighted by molar-refractivity contribution is 0.102. The molecule has 0 radical (unpaired) electrons. The third kappa shape index (κ3) is 4.01. The third-order valence-electron chi connectivity index (χ3n) is 4.06. The van der Waals surface area contributed by atoms with Gasteiger partial charge in [-0.05, 0) is 55.7 Å². The van der Waals surface area contributed by atoms with E-state index in [9.17, 15) is 4.79 Å². The monoisotopic (exact) mass is 332 g/mol. The van der Waals surface area contributed by atoms with Gasteiger partial charge in [-0.3, -0.25) is 4.79 Å². The number of para-hydroxylation sites is 1. The molecule has 2 N–H and O–H groups in total. The molecule has 3 aromatic rings. The molecule has 0 atom stereocenters. The second-order valence-corrected chi connectivity index (χ2v) is 5.98. The van der Waals surface area contributed by atoms with E-state index in [2.05, 4.69) is 46.6 Å². The first kappa shape index (κ1) is 16.6. The number of anilines is 3. The Bertz CT molecular complexity index is 904. The number of aromatic nitrogens is 2. The lowest BCUT2D eigenvalue weighted by Gasteiger charge is -2.09. The highest BCUT2D eigenvalue weighted by Gasteiger charge is 2.10. The first-order valence-corrected chi connectivity index (χ1v) is 8.06. The van der Waals surface area contributed by atoms with Crippen LogP contribution in [0.3, 0.4) is 0 Å². The molecule has 25 heavy (non-hydrogen) atoms. The fraction of sp³-hybridized carbons (Fsp3) is 0.150. The fourth-order valence-corrected chi connectivity index (χ4v) is 2.38. The van der Waals surface area contributed by atoms with E-state index in [1.165, 1.54) is 17.3 Å². The highest BCUT2D eigenvalue weighted by molar-refractivity contribution is 6.03. The molecule has 1 heterocycles. The van der Waals surface area contributed by atoms with Gasteiger partial charge in [0.1, 0.15) is 11.5 Å². The fourth-order valence-electron chi connectivity index (χ4n) is 2.38. The molecular weight excluding hydrogens is 312 g/mol. The van der Waals surface area contributed by atoms with E-state index < -0.39 is 0 Å². The van der Waals surface area contributed by atoms with Gasteiger partial charge in [-0.1, -0.05) is 24.3 Å². The van der Waals surface area contributed by atoms with Gasteiger partial charge >= 0.3 is 0 Å². The molecule has 1 aromatic heterocycles. The first-order valence-electron chi connectivity index (χ1n) is 8.06. The van der Waals surface area contributed by atoms with E-state index in [-0.39, 0.29) is 11.6 Å². The van der Waals surface area contributed by atoms with Gasteiger partial charge in [-0.25, -0.2) is 9.97 Å². The zero-order valence-corrected chi connectivity index (χ0v) is 14.5. The van der Waals surface area contributed by atoms with Crippen molar-refractivity contribution in [1.29, 1.82) is 0 Å². The van der Waals surface area contributed by atoms with E-state index in [0.717, 1.165) is 16.9 Å². The third-order valence-corrected chi connectivity index (χ3v) is 4.06. The molecule has 0 aliphatic heterocycles. The van der Waals surface area contributed by atoms with Gasteiger partial charge in [0.2, 0.25) is 0 Å². The van der Waals surface area contributed by atoms with Crippen molar-refractivity contribution in [3.63, 3.8) is 0 Å². The minimum absolute atomic E-state index is 0.272. The highest BCUT2D eigenvalue weighted by atomic mass is 16.1. The zero-order valence-electron chi connectivity index (χ0n) is 14.5. The summed E-state index contributed by atoms with van der Waals surface area (Å²) in [6, 6.07) is 13.7. The van der Waals surface area contributed by atoms with Crippen LogP contribution in [0.5, 0.6) is 0 Å². The van der Waals surface area contributed by atoms with Crippen LogP contribution in [0.4, 0.5) is 17.2 Å². The van der Waals surface area contributed by atoms with E-state index in [1.54, 1.807) is 6.20 Å².